The van der Waals surface area contributed by atoms with Gasteiger partial charge in [-0.25, -0.2) is 0 Å². The first-order valence-corrected chi connectivity index (χ1v) is 14.3. The van der Waals surface area contributed by atoms with Gasteiger partial charge in [-0.1, -0.05) is 60.7 Å². The second-order valence-corrected chi connectivity index (χ2v) is 11.0. The zero-order valence-corrected chi connectivity index (χ0v) is 24.7. The van der Waals surface area contributed by atoms with Crippen LogP contribution in [0.15, 0.2) is 78.9 Å². The van der Waals surface area contributed by atoms with Crippen LogP contribution in [0.25, 0.3) is 0 Å². The number of carbonyl (C=O) groups is 1. The van der Waals surface area contributed by atoms with E-state index in [1.807, 2.05) is 67.7 Å². The van der Waals surface area contributed by atoms with Gasteiger partial charge in [0.05, 0.1) is 30.3 Å². The molecule has 1 saturated heterocycles. The largest absolute Gasteiger partial charge is 0.481 e. The van der Waals surface area contributed by atoms with Crippen molar-refractivity contribution in [3.8, 4) is 0 Å². The summed E-state index contributed by atoms with van der Waals surface area (Å²) in [5, 5.41) is 11.7. The van der Waals surface area contributed by atoms with E-state index in [0.717, 1.165) is 37.1 Å². The fourth-order valence-electron chi connectivity index (χ4n) is 5.28. The van der Waals surface area contributed by atoms with Crippen molar-refractivity contribution < 1.29 is 41.0 Å². The molecule has 1 unspecified atom stereocenters. The first-order valence-electron chi connectivity index (χ1n) is 14.3. The highest BCUT2D eigenvalue weighted by atomic mass is 19.4. The van der Waals surface area contributed by atoms with Crippen LogP contribution < -0.4 is 5.32 Å². The molecule has 0 aromatic heterocycles. The highest BCUT2D eigenvalue weighted by Crippen LogP contribution is 2.37. The molecule has 0 saturated carbocycles. The van der Waals surface area contributed by atoms with Crippen molar-refractivity contribution in [3.63, 3.8) is 0 Å². The normalized spacial score (nSPS) is 15.5. The van der Waals surface area contributed by atoms with Crippen molar-refractivity contribution in [1.82, 2.24) is 10.2 Å². The van der Waals surface area contributed by atoms with E-state index in [1.54, 1.807) is 7.05 Å². The van der Waals surface area contributed by atoms with E-state index >= 15 is 0 Å². The first-order chi connectivity index (χ1) is 20.8. The van der Waals surface area contributed by atoms with E-state index in [2.05, 4.69) is 10.2 Å². The summed E-state index contributed by atoms with van der Waals surface area (Å²) in [5.41, 5.74) is -0.799. The van der Waals surface area contributed by atoms with Crippen LogP contribution in [-0.2, 0) is 28.5 Å². The minimum absolute atomic E-state index is 0.0814. The number of aliphatic carboxylic acids is 1. The van der Waals surface area contributed by atoms with E-state index in [1.165, 1.54) is 0 Å². The average Bonchev–Trinajstić information content (AvgIpc) is 2.98. The molecule has 0 bridgehead atoms. The molecule has 0 spiro atoms. The second kappa shape index (κ2) is 16.1. The van der Waals surface area contributed by atoms with Gasteiger partial charge >= 0.3 is 18.3 Å². The molecule has 0 amide bonds. The minimum atomic E-state index is -4.89. The van der Waals surface area contributed by atoms with Gasteiger partial charge in [0.2, 0.25) is 0 Å². The lowest BCUT2D eigenvalue weighted by molar-refractivity contribution is -0.144. The third-order valence-corrected chi connectivity index (χ3v) is 7.57. The predicted molar refractivity (Wildman–Crippen MR) is 156 cm³/mol. The topological polar surface area (TPSA) is 61.8 Å². The summed E-state index contributed by atoms with van der Waals surface area (Å²) >= 11 is 0. The molecule has 1 heterocycles. The molecule has 3 aromatic carbocycles. The standard InChI is InChI=1S/C26H25F6NO.C7H13NO2/c1-33-15-21(24(19-8-4-2-5-9-19)20-10-6-3-7-11-20)17-34-16-18-12-22(25(27,28)29)14-23(13-18)26(30,31)32;1-8-4-2-6(3-5-8)7(9)10/h2-14,21,24,33H,15-17H2,1H3;6H,2-5H2,1H3,(H,9,10). The number of likely N-dealkylation sites (tertiary alicyclic amines) is 1. The van der Waals surface area contributed by atoms with Gasteiger partial charge in [-0.15, -0.1) is 0 Å². The number of benzene rings is 3. The van der Waals surface area contributed by atoms with Crippen molar-refractivity contribution in [2.45, 2.75) is 37.7 Å². The smallest absolute Gasteiger partial charge is 0.416 e. The van der Waals surface area contributed by atoms with Crippen LogP contribution in [-0.4, -0.2) is 56.3 Å². The Balaban J connectivity index is 0.000000448. The lowest BCUT2D eigenvalue weighted by Gasteiger charge is -2.28. The number of hydrogen-bond acceptors (Lipinski definition) is 4. The van der Waals surface area contributed by atoms with Gasteiger partial charge in [0, 0.05) is 18.4 Å². The molecule has 240 valence electrons. The number of carboxylic acids is 1. The third kappa shape index (κ3) is 10.6. The molecule has 4 rings (SSSR count). The Hall–Kier alpha value is -3.41. The lowest BCUT2D eigenvalue weighted by Crippen LogP contribution is -2.33. The summed E-state index contributed by atoms with van der Waals surface area (Å²) in [7, 11) is 3.81. The van der Waals surface area contributed by atoms with Crippen molar-refractivity contribution in [1.29, 1.82) is 0 Å². The first kappa shape index (κ1) is 35.1. The maximum Gasteiger partial charge on any atom is 0.416 e. The quantitative estimate of drug-likeness (QED) is 0.232. The van der Waals surface area contributed by atoms with Gasteiger partial charge in [-0.3, -0.25) is 4.79 Å². The molecule has 44 heavy (non-hydrogen) atoms. The van der Waals surface area contributed by atoms with Crippen molar-refractivity contribution in [2.24, 2.45) is 11.8 Å². The number of ether oxygens (including phenoxy) is 1. The van der Waals surface area contributed by atoms with Gasteiger partial charge < -0.3 is 20.1 Å². The number of nitrogens with zero attached hydrogens (tertiary/aromatic N) is 1. The fraction of sp³-hybridized carbons (Fsp3) is 0.424. The van der Waals surface area contributed by atoms with Crippen molar-refractivity contribution in [2.75, 3.05) is 40.3 Å². The van der Waals surface area contributed by atoms with E-state index < -0.39 is 29.4 Å². The number of carboxylic acid groups (broad SMARTS) is 1. The van der Waals surface area contributed by atoms with Crippen LogP contribution in [0.5, 0.6) is 0 Å². The summed E-state index contributed by atoms with van der Waals surface area (Å²) in [5.74, 6) is -0.922. The maximum absolute atomic E-state index is 13.2. The molecule has 1 aliphatic heterocycles. The SMILES string of the molecule is CN1CCC(C(=O)O)CC1.CNCC(COCc1cc(C(F)(F)F)cc(C(F)(F)F)c1)C(c1ccccc1)c1ccccc1. The Bertz CT molecular complexity index is 1220. The molecule has 1 atom stereocenters. The summed E-state index contributed by atoms with van der Waals surface area (Å²) in [6, 6.07) is 21.0. The Morgan fingerprint density at radius 1 is 0.886 bits per heavy atom. The number of alkyl halides is 6. The van der Waals surface area contributed by atoms with Crippen LogP contribution in [0.3, 0.4) is 0 Å². The molecular formula is C33H38F6N2O3. The van der Waals surface area contributed by atoms with Gasteiger partial charge in [-0.2, -0.15) is 26.3 Å². The summed E-state index contributed by atoms with van der Waals surface area (Å²) in [6.07, 6.45) is -8.16. The summed E-state index contributed by atoms with van der Waals surface area (Å²) < 4.78 is 84.6. The molecule has 5 nitrogen and oxygen atoms in total. The van der Waals surface area contributed by atoms with Crippen molar-refractivity contribution in [3.05, 3.63) is 107 Å². The molecule has 1 aliphatic rings. The Morgan fingerprint density at radius 2 is 1.36 bits per heavy atom. The number of hydrogen-bond donors (Lipinski definition) is 2. The van der Waals surface area contributed by atoms with Crippen LogP contribution in [0, 0.1) is 11.8 Å². The van der Waals surface area contributed by atoms with Crippen LogP contribution in [0.4, 0.5) is 26.3 Å². The molecule has 3 aromatic rings. The maximum atomic E-state index is 13.2. The molecule has 1 fully saturated rings. The highest BCUT2D eigenvalue weighted by molar-refractivity contribution is 5.70. The zero-order valence-electron chi connectivity index (χ0n) is 24.7. The number of rotatable bonds is 10. The monoisotopic (exact) mass is 624 g/mol. The Kier molecular flexibility index (Phi) is 12.8. The minimum Gasteiger partial charge on any atom is -0.481 e. The highest BCUT2D eigenvalue weighted by Gasteiger charge is 2.37. The molecule has 0 radical (unpaired) electrons. The number of halogens is 6. The average molecular weight is 625 g/mol. The summed E-state index contributed by atoms with van der Waals surface area (Å²) in [6.45, 7) is 2.15. The van der Waals surface area contributed by atoms with Gasteiger partial charge in [-0.05, 0) is 74.9 Å². The van der Waals surface area contributed by atoms with Crippen LogP contribution >= 0.6 is 0 Å². The zero-order chi connectivity index (χ0) is 32.3. The molecular weight excluding hydrogens is 586 g/mol. The predicted octanol–water partition coefficient (Wildman–Crippen LogP) is 7.32. The molecule has 2 N–H and O–H groups in total. The van der Waals surface area contributed by atoms with E-state index in [-0.39, 0.29) is 42.6 Å². The Morgan fingerprint density at radius 3 is 1.77 bits per heavy atom. The van der Waals surface area contributed by atoms with Crippen molar-refractivity contribution >= 4 is 5.97 Å². The lowest BCUT2D eigenvalue weighted by atomic mass is 9.81. The second-order valence-electron chi connectivity index (χ2n) is 11.0. The van der Waals surface area contributed by atoms with Gasteiger partial charge in [0.1, 0.15) is 0 Å². The van der Waals surface area contributed by atoms with E-state index in [4.69, 9.17) is 9.84 Å². The van der Waals surface area contributed by atoms with E-state index in [9.17, 15) is 31.1 Å². The van der Waals surface area contributed by atoms with Gasteiger partial charge in [0.15, 0.2) is 0 Å². The van der Waals surface area contributed by atoms with E-state index in [0.29, 0.717) is 18.7 Å². The third-order valence-electron chi connectivity index (χ3n) is 7.57. The Labute approximate surface area is 253 Å². The fourth-order valence-corrected chi connectivity index (χ4v) is 5.28. The molecule has 0 aliphatic carbocycles. The number of piperidine rings is 1. The number of nitrogens with one attached hydrogen (secondary N) is 1. The summed E-state index contributed by atoms with van der Waals surface area (Å²) in [4.78, 5) is 12.6. The van der Waals surface area contributed by atoms with Gasteiger partial charge in [0.25, 0.3) is 0 Å². The van der Waals surface area contributed by atoms with Crippen LogP contribution in [0.2, 0.25) is 0 Å². The van der Waals surface area contributed by atoms with Crippen LogP contribution in [0.1, 0.15) is 46.6 Å². The molecule has 11 heteroatoms.